The molecule has 0 aromatic carbocycles. The smallest absolute Gasteiger partial charge is 0.411 e. The van der Waals surface area contributed by atoms with Crippen molar-refractivity contribution in [2.45, 2.75) is 27.1 Å². The third-order valence-corrected chi connectivity index (χ3v) is 1.94. The molecule has 1 aliphatic heterocycles. The van der Waals surface area contributed by atoms with Crippen LogP contribution >= 0.6 is 0 Å². The van der Waals surface area contributed by atoms with Gasteiger partial charge in [-0.05, 0) is 19.2 Å². The van der Waals surface area contributed by atoms with Crippen LogP contribution in [-0.4, -0.2) is 20.3 Å². The summed E-state index contributed by atoms with van der Waals surface area (Å²) in [7, 11) is 0.0124. The van der Waals surface area contributed by atoms with Gasteiger partial charge in [-0.15, -0.1) is 0 Å². The van der Waals surface area contributed by atoms with Crippen LogP contribution in [0, 0.1) is 11.8 Å². The van der Waals surface area contributed by atoms with Crippen LogP contribution < -0.4 is 0 Å². The average Bonchev–Trinajstić information content (AvgIpc) is 1.93. The third kappa shape index (κ3) is 3.26. The highest BCUT2D eigenvalue weighted by Crippen LogP contribution is 2.16. The van der Waals surface area contributed by atoms with Crippen LogP contribution in [0.1, 0.15) is 20.3 Å². The van der Waals surface area contributed by atoms with E-state index in [0.717, 1.165) is 19.1 Å². The van der Waals surface area contributed by atoms with Crippen LogP contribution in [0.25, 0.3) is 0 Å². The van der Waals surface area contributed by atoms with Crippen molar-refractivity contribution in [1.82, 2.24) is 0 Å². The molecule has 0 radical (unpaired) electrons. The molecule has 0 unspecified atom stereocenters. The Morgan fingerprint density at radius 3 is 2.36 bits per heavy atom. The van der Waals surface area contributed by atoms with E-state index in [0.29, 0.717) is 5.92 Å². The topological polar surface area (TPSA) is 18.5 Å². The van der Waals surface area contributed by atoms with Crippen molar-refractivity contribution in [2.24, 2.45) is 11.8 Å². The Hall–Kier alpha value is -0.0151. The predicted molar refractivity (Wildman–Crippen MR) is 46.5 cm³/mol. The Balaban J connectivity index is 2.17. The second-order valence-electron chi connectivity index (χ2n) is 3.73. The standard InChI is InChI=1S/C8H17BO2/c1-7(2)4-8-5-10-9(3)11-6-8/h7-8H,4-6H2,1-3H3. The molecule has 0 atom stereocenters. The molecule has 0 spiro atoms. The molecule has 0 aromatic rings. The second kappa shape index (κ2) is 4.12. The first kappa shape index (κ1) is 9.08. The van der Waals surface area contributed by atoms with Crippen molar-refractivity contribution in [1.29, 1.82) is 0 Å². The lowest BCUT2D eigenvalue weighted by Gasteiger charge is -2.26. The summed E-state index contributed by atoms with van der Waals surface area (Å²) in [6.07, 6.45) is 1.22. The van der Waals surface area contributed by atoms with E-state index in [1.807, 2.05) is 6.82 Å². The fraction of sp³-hybridized carbons (Fsp3) is 1.00. The summed E-state index contributed by atoms with van der Waals surface area (Å²) in [5.74, 6) is 1.37. The number of rotatable bonds is 2. The quantitative estimate of drug-likeness (QED) is 0.567. The van der Waals surface area contributed by atoms with E-state index in [-0.39, 0.29) is 7.12 Å². The van der Waals surface area contributed by atoms with Crippen LogP contribution in [0.2, 0.25) is 6.82 Å². The van der Waals surface area contributed by atoms with Gasteiger partial charge in [0.25, 0.3) is 0 Å². The zero-order valence-corrected chi connectivity index (χ0v) is 7.67. The zero-order valence-electron chi connectivity index (χ0n) is 7.67. The summed E-state index contributed by atoms with van der Waals surface area (Å²) in [5, 5.41) is 0. The number of hydrogen-bond donors (Lipinski definition) is 0. The van der Waals surface area contributed by atoms with Crippen molar-refractivity contribution < 1.29 is 9.31 Å². The van der Waals surface area contributed by atoms with E-state index < -0.39 is 0 Å². The maximum absolute atomic E-state index is 5.37. The fourth-order valence-corrected chi connectivity index (χ4v) is 1.44. The first-order chi connectivity index (χ1) is 5.18. The summed E-state index contributed by atoms with van der Waals surface area (Å²) >= 11 is 0. The first-order valence-electron chi connectivity index (χ1n) is 4.41. The molecule has 0 amide bonds. The lowest BCUT2D eigenvalue weighted by molar-refractivity contribution is 0.0723. The molecule has 64 valence electrons. The van der Waals surface area contributed by atoms with Crippen LogP contribution in [-0.2, 0) is 9.31 Å². The van der Waals surface area contributed by atoms with E-state index in [2.05, 4.69) is 13.8 Å². The Morgan fingerprint density at radius 1 is 1.36 bits per heavy atom. The van der Waals surface area contributed by atoms with Crippen LogP contribution in [0.5, 0.6) is 0 Å². The Labute approximate surface area is 69.4 Å². The van der Waals surface area contributed by atoms with Gasteiger partial charge in [-0.1, -0.05) is 13.8 Å². The van der Waals surface area contributed by atoms with Gasteiger partial charge in [0.05, 0.1) is 0 Å². The van der Waals surface area contributed by atoms with Gasteiger partial charge in [0, 0.05) is 19.1 Å². The molecule has 0 saturated carbocycles. The van der Waals surface area contributed by atoms with E-state index in [1.54, 1.807) is 0 Å². The molecule has 1 rings (SSSR count). The monoisotopic (exact) mass is 156 g/mol. The lowest BCUT2D eigenvalue weighted by Crippen LogP contribution is -2.33. The van der Waals surface area contributed by atoms with E-state index in [1.165, 1.54) is 6.42 Å². The average molecular weight is 156 g/mol. The Bertz CT molecular complexity index is 109. The van der Waals surface area contributed by atoms with E-state index >= 15 is 0 Å². The van der Waals surface area contributed by atoms with Crippen molar-refractivity contribution in [3.8, 4) is 0 Å². The highest BCUT2D eigenvalue weighted by Gasteiger charge is 2.22. The van der Waals surface area contributed by atoms with Crippen molar-refractivity contribution in [3.63, 3.8) is 0 Å². The SMILES string of the molecule is CB1OCC(CC(C)C)CO1. The second-order valence-corrected chi connectivity index (χ2v) is 3.73. The molecule has 3 heteroatoms. The molecule has 1 aliphatic rings. The third-order valence-electron chi connectivity index (χ3n) is 1.94. The normalized spacial score (nSPS) is 21.3. The molecule has 0 bridgehead atoms. The van der Waals surface area contributed by atoms with Crippen molar-refractivity contribution >= 4 is 7.12 Å². The summed E-state index contributed by atoms with van der Waals surface area (Å²) in [4.78, 5) is 0. The first-order valence-corrected chi connectivity index (χ1v) is 4.41. The molecule has 0 N–H and O–H groups in total. The van der Waals surface area contributed by atoms with Gasteiger partial charge >= 0.3 is 7.12 Å². The maximum atomic E-state index is 5.37. The summed E-state index contributed by atoms with van der Waals surface area (Å²) in [6.45, 7) is 8.17. The van der Waals surface area contributed by atoms with Gasteiger partial charge in [0.2, 0.25) is 0 Å². The lowest BCUT2D eigenvalue weighted by atomic mass is 9.89. The molecule has 2 nitrogen and oxygen atoms in total. The molecule has 11 heavy (non-hydrogen) atoms. The van der Waals surface area contributed by atoms with Gasteiger partial charge in [0.15, 0.2) is 0 Å². The van der Waals surface area contributed by atoms with Crippen molar-refractivity contribution in [2.75, 3.05) is 13.2 Å². The maximum Gasteiger partial charge on any atom is 0.453 e. The fourth-order valence-electron chi connectivity index (χ4n) is 1.44. The zero-order chi connectivity index (χ0) is 8.27. The van der Waals surface area contributed by atoms with Crippen LogP contribution in [0.15, 0.2) is 0 Å². The summed E-state index contributed by atoms with van der Waals surface area (Å²) < 4.78 is 10.7. The minimum absolute atomic E-state index is 0.0124. The van der Waals surface area contributed by atoms with Gasteiger partial charge in [-0.3, -0.25) is 0 Å². The van der Waals surface area contributed by atoms with Crippen LogP contribution in [0.4, 0.5) is 0 Å². The predicted octanol–water partition coefficient (Wildman–Crippen LogP) is 1.81. The highest BCUT2D eigenvalue weighted by molar-refractivity contribution is 6.42. The van der Waals surface area contributed by atoms with Crippen LogP contribution in [0.3, 0.4) is 0 Å². The largest absolute Gasteiger partial charge is 0.453 e. The highest BCUT2D eigenvalue weighted by atomic mass is 16.6. The number of hydrogen-bond acceptors (Lipinski definition) is 2. The van der Waals surface area contributed by atoms with Gasteiger partial charge in [-0.2, -0.15) is 0 Å². The van der Waals surface area contributed by atoms with E-state index in [4.69, 9.17) is 9.31 Å². The molecule has 0 aromatic heterocycles. The summed E-state index contributed by atoms with van der Waals surface area (Å²) in [6, 6.07) is 0. The molecular formula is C8H17BO2. The molecule has 1 saturated heterocycles. The molecular weight excluding hydrogens is 139 g/mol. The van der Waals surface area contributed by atoms with Gasteiger partial charge in [-0.25, -0.2) is 0 Å². The van der Waals surface area contributed by atoms with Crippen molar-refractivity contribution in [3.05, 3.63) is 0 Å². The van der Waals surface area contributed by atoms with Gasteiger partial charge < -0.3 is 9.31 Å². The summed E-state index contributed by atoms with van der Waals surface area (Å²) in [5.41, 5.74) is 0. The molecule has 1 fully saturated rings. The minimum atomic E-state index is 0.0124. The van der Waals surface area contributed by atoms with E-state index in [9.17, 15) is 0 Å². The van der Waals surface area contributed by atoms with Gasteiger partial charge in [0.1, 0.15) is 0 Å². The Morgan fingerprint density at radius 2 is 1.91 bits per heavy atom. The minimum Gasteiger partial charge on any atom is -0.411 e. The Kier molecular flexibility index (Phi) is 3.40. The molecule has 0 aliphatic carbocycles. The molecule has 1 heterocycles.